The number of anilines is 1. The van der Waals surface area contributed by atoms with Crippen LogP contribution in [0.4, 0.5) is 5.69 Å². The highest BCUT2D eigenvalue weighted by atomic mass is 35.5. The van der Waals surface area contributed by atoms with Gasteiger partial charge in [0, 0.05) is 15.6 Å². The Balaban J connectivity index is 1.62. The van der Waals surface area contributed by atoms with Gasteiger partial charge in [-0.25, -0.2) is 4.98 Å². The molecule has 0 aliphatic heterocycles. The van der Waals surface area contributed by atoms with E-state index in [0.717, 1.165) is 35.2 Å². The Kier molecular flexibility index (Phi) is 4.09. The van der Waals surface area contributed by atoms with Crippen LogP contribution in [0.1, 0.15) is 22.4 Å². The highest BCUT2D eigenvalue weighted by Crippen LogP contribution is 2.34. The molecule has 4 rings (SSSR count). The van der Waals surface area contributed by atoms with Gasteiger partial charge >= 0.3 is 0 Å². The number of fused-ring (bicyclic) bond motifs is 3. The van der Waals surface area contributed by atoms with Crippen molar-refractivity contribution in [1.82, 2.24) is 9.55 Å². The minimum Gasteiger partial charge on any atom is -0.324 e. The molecule has 1 aromatic carbocycles. The molecular weight excluding hydrogens is 358 g/mol. The summed E-state index contributed by atoms with van der Waals surface area (Å²) in [7, 11) is 0. The summed E-state index contributed by atoms with van der Waals surface area (Å²) in [4.78, 5) is 31.6. The minimum absolute atomic E-state index is 0.0711. The zero-order valence-corrected chi connectivity index (χ0v) is 15.2. The standard InChI is InChI=1S/C18H16ClN3O2S/c1-10-12(19)5-3-6-13(10)21-15(23)8-22-9-20-17-16(18(22)24)11-4-2-7-14(11)25-17/h3,5-6,9H,2,4,7-8H2,1H3,(H,21,23). The minimum atomic E-state index is -0.277. The van der Waals surface area contributed by atoms with Crippen molar-refractivity contribution in [3.05, 3.63) is 55.9 Å². The monoisotopic (exact) mass is 373 g/mol. The fraction of sp³-hybridized carbons (Fsp3) is 0.278. The first kappa shape index (κ1) is 16.3. The van der Waals surface area contributed by atoms with Gasteiger partial charge in [-0.05, 0) is 49.4 Å². The summed E-state index contributed by atoms with van der Waals surface area (Å²) in [6, 6.07) is 5.33. The van der Waals surface area contributed by atoms with Crippen molar-refractivity contribution in [2.24, 2.45) is 0 Å². The van der Waals surface area contributed by atoms with Crippen LogP contribution >= 0.6 is 22.9 Å². The van der Waals surface area contributed by atoms with E-state index in [1.807, 2.05) is 6.92 Å². The van der Waals surface area contributed by atoms with Crippen LogP contribution in [-0.2, 0) is 24.2 Å². The van der Waals surface area contributed by atoms with Gasteiger partial charge in [0.1, 0.15) is 11.4 Å². The van der Waals surface area contributed by atoms with E-state index in [4.69, 9.17) is 11.6 Å². The number of carbonyl (C=O) groups is 1. The molecule has 5 nitrogen and oxygen atoms in total. The molecule has 0 radical (unpaired) electrons. The van der Waals surface area contributed by atoms with E-state index in [1.165, 1.54) is 15.8 Å². The van der Waals surface area contributed by atoms with Crippen molar-refractivity contribution in [3.63, 3.8) is 0 Å². The maximum absolute atomic E-state index is 12.8. The van der Waals surface area contributed by atoms with Crippen molar-refractivity contribution < 1.29 is 4.79 Å². The maximum atomic E-state index is 12.8. The SMILES string of the molecule is Cc1c(Cl)cccc1NC(=O)Cn1cnc2sc3c(c2c1=O)CCC3. The average Bonchev–Trinajstić information content (AvgIpc) is 3.15. The molecule has 0 atom stereocenters. The molecule has 1 aliphatic carbocycles. The second kappa shape index (κ2) is 6.28. The van der Waals surface area contributed by atoms with Crippen LogP contribution in [0, 0.1) is 6.92 Å². The second-order valence-corrected chi connectivity index (χ2v) is 7.67. The summed E-state index contributed by atoms with van der Waals surface area (Å²) >= 11 is 7.67. The van der Waals surface area contributed by atoms with Crippen molar-refractivity contribution >= 4 is 44.7 Å². The Bertz CT molecular complexity index is 1050. The smallest absolute Gasteiger partial charge is 0.262 e. The lowest BCUT2D eigenvalue weighted by molar-refractivity contribution is -0.116. The van der Waals surface area contributed by atoms with Gasteiger partial charge in [0.25, 0.3) is 5.56 Å². The van der Waals surface area contributed by atoms with E-state index >= 15 is 0 Å². The molecule has 7 heteroatoms. The Morgan fingerprint density at radius 1 is 1.40 bits per heavy atom. The van der Waals surface area contributed by atoms with E-state index < -0.39 is 0 Å². The average molecular weight is 374 g/mol. The Morgan fingerprint density at radius 3 is 3.08 bits per heavy atom. The second-order valence-electron chi connectivity index (χ2n) is 6.18. The largest absolute Gasteiger partial charge is 0.324 e. The van der Waals surface area contributed by atoms with Crippen molar-refractivity contribution in [3.8, 4) is 0 Å². The molecule has 2 aromatic heterocycles. The van der Waals surface area contributed by atoms with Crippen molar-refractivity contribution in [2.45, 2.75) is 32.7 Å². The predicted octanol–water partition coefficient (Wildman–Crippen LogP) is 3.55. The summed E-state index contributed by atoms with van der Waals surface area (Å²) in [6.07, 6.45) is 4.48. The van der Waals surface area contributed by atoms with Gasteiger partial charge in [-0.3, -0.25) is 14.2 Å². The number of hydrogen-bond donors (Lipinski definition) is 1. The molecule has 0 unspecified atom stereocenters. The van der Waals surface area contributed by atoms with Gasteiger partial charge in [-0.2, -0.15) is 0 Å². The third-order valence-electron chi connectivity index (χ3n) is 4.55. The van der Waals surface area contributed by atoms with Gasteiger partial charge < -0.3 is 5.32 Å². The third kappa shape index (κ3) is 2.85. The van der Waals surface area contributed by atoms with Gasteiger partial charge in [-0.1, -0.05) is 17.7 Å². The number of aryl methyl sites for hydroxylation is 2. The summed E-state index contributed by atoms with van der Waals surface area (Å²) in [5, 5.41) is 4.09. The molecule has 1 amide bonds. The lowest BCUT2D eigenvalue weighted by Gasteiger charge is -2.10. The number of benzene rings is 1. The molecule has 0 bridgehead atoms. The molecule has 25 heavy (non-hydrogen) atoms. The first-order valence-electron chi connectivity index (χ1n) is 8.09. The molecule has 1 aliphatic rings. The van der Waals surface area contributed by atoms with Crippen LogP contribution in [-0.4, -0.2) is 15.5 Å². The van der Waals surface area contributed by atoms with Gasteiger partial charge in [0.15, 0.2) is 0 Å². The van der Waals surface area contributed by atoms with Crippen LogP contribution in [0.2, 0.25) is 5.02 Å². The Hall–Kier alpha value is -2.18. The third-order valence-corrected chi connectivity index (χ3v) is 6.16. The summed E-state index contributed by atoms with van der Waals surface area (Å²) in [5.74, 6) is -0.277. The number of nitrogens with one attached hydrogen (secondary N) is 1. The highest BCUT2D eigenvalue weighted by Gasteiger charge is 2.21. The summed E-state index contributed by atoms with van der Waals surface area (Å²) in [6.45, 7) is 1.77. The number of amides is 1. The summed E-state index contributed by atoms with van der Waals surface area (Å²) < 4.78 is 1.38. The zero-order chi connectivity index (χ0) is 17.6. The Labute approximate surface area is 153 Å². The van der Waals surface area contributed by atoms with Crippen LogP contribution in [0.15, 0.2) is 29.3 Å². The number of hydrogen-bond acceptors (Lipinski definition) is 4. The number of rotatable bonds is 3. The fourth-order valence-corrected chi connectivity index (χ4v) is 4.61. The molecular formula is C18H16ClN3O2S. The lowest BCUT2D eigenvalue weighted by atomic mass is 10.2. The number of nitrogens with zero attached hydrogens (tertiary/aromatic N) is 2. The van der Waals surface area contributed by atoms with Gasteiger partial charge in [0.05, 0.1) is 11.7 Å². The molecule has 0 saturated carbocycles. The Morgan fingerprint density at radius 2 is 2.24 bits per heavy atom. The molecule has 0 saturated heterocycles. The molecule has 1 N–H and O–H groups in total. The first-order chi connectivity index (χ1) is 12.0. The molecule has 0 spiro atoms. The number of aromatic nitrogens is 2. The fourth-order valence-electron chi connectivity index (χ4n) is 3.22. The summed E-state index contributed by atoms with van der Waals surface area (Å²) in [5.41, 5.74) is 2.44. The van der Waals surface area contributed by atoms with E-state index in [1.54, 1.807) is 29.5 Å². The number of carbonyl (C=O) groups excluding carboxylic acids is 1. The van der Waals surface area contributed by atoms with Crippen LogP contribution < -0.4 is 10.9 Å². The van der Waals surface area contributed by atoms with E-state index in [2.05, 4.69) is 10.3 Å². The van der Waals surface area contributed by atoms with Crippen molar-refractivity contribution in [2.75, 3.05) is 5.32 Å². The van der Waals surface area contributed by atoms with Gasteiger partial charge in [0.2, 0.25) is 5.91 Å². The quantitative estimate of drug-likeness (QED) is 0.763. The topological polar surface area (TPSA) is 64.0 Å². The van der Waals surface area contributed by atoms with Crippen molar-refractivity contribution in [1.29, 1.82) is 0 Å². The van der Waals surface area contributed by atoms with Crippen LogP contribution in [0.3, 0.4) is 0 Å². The highest BCUT2D eigenvalue weighted by molar-refractivity contribution is 7.18. The zero-order valence-electron chi connectivity index (χ0n) is 13.6. The predicted molar refractivity (Wildman–Crippen MR) is 101 cm³/mol. The first-order valence-corrected chi connectivity index (χ1v) is 9.28. The normalized spacial score (nSPS) is 13.2. The van der Waals surface area contributed by atoms with E-state index in [9.17, 15) is 9.59 Å². The maximum Gasteiger partial charge on any atom is 0.262 e. The molecule has 3 aromatic rings. The van der Waals surface area contributed by atoms with Crippen LogP contribution in [0.5, 0.6) is 0 Å². The molecule has 0 fully saturated rings. The number of thiophene rings is 1. The van der Waals surface area contributed by atoms with Crippen LogP contribution in [0.25, 0.3) is 10.2 Å². The van der Waals surface area contributed by atoms with E-state index in [-0.39, 0.29) is 18.0 Å². The van der Waals surface area contributed by atoms with E-state index in [0.29, 0.717) is 16.1 Å². The lowest BCUT2D eigenvalue weighted by Crippen LogP contribution is -2.28. The molecule has 128 valence electrons. The number of halogens is 1. The van der Waals surface area contributed by atoms with Gasteiger partial charge in [-0.15, -0.1) is 11.3 Å². The molecule has 2 heterocycles.